The van der Waals surface area contributed by atoms with E-state index in [1.54, 1.807) is 10.9 Å². The van der Waals surface area contributed by atoms with Crippen LogP contribution in [0.1, 0.15) is 56.4 Å². The van der Waals surface area contributed by atoms with Crippen molar-refractivity contribution in [1.82, 2.24) is 20.0 Å². The van der Waals surface area contributed by atoms with Crippen LogP contribution >= 0.6 is 0 Å². The van der Waals surface area contributed by atoms with E-state index < -0.39 is 0 Å². The summed E-state index contributed by atoms with van der Waals surface area (Å²) in [5, 5.41) is 14.5. The van der Waals surface area contributed by atoms with Crippen LogP contribution in [0.5, 0.6) is 0 Å². The summed E-state index contributed by atoms with van der Waals surface area (Å²) in [5.74, 6) is 0.144. The molecule has 0 aliphatic carbocycles. The molecule has 134 valence electrons. The van der Waals surface area contributed by atoms with Gasteiger partial charge in [0.05, 0.1) is 26.3 Å². The number of ether oxygens (including phenoxy) is 1. The Labute approximate surface area is 145 Å². The molecule has 1 aliphatic heterocycles. The molecule has 2 N–H and O–H groups in total. The van der Waals surface area contributed by atoms with Crippen molar-refractivity contribution >= 4 is 17.7 Å². The van der Waals surface area contributed by atoms with Crippen LogP contribution in [0.4, 0.5) is 5.82 Å². The number of nitrogens with zero attached hydrogens (tertiary/aromatic N) is 3. The number of esters is 1. The maximum Gasteiger partial charge on any atom is 0.307 e. The average Bonchev–Trinajstić information content (AvgIpc) is 3.17. The average molecular weight is 345 g/mol. The van der Waals surface area contributed by atoms with Crippen molar-refractivity contribution in [2.75, 3.05) is 12.4 Å². The zero-order valence-corrected chi connectivity index (χ0v) is 14.9. The van der Waals surface area contributed by atoms with E-state index in [0.717, 1.165) is 16.8 Å². The predicted molar refractivity (Wildman–Crippen MR) is 91.2 cm³/mol. The van der Waals surface area contributed by atoms with Gasteiger partial charge in [0.1, 0.15) is 0 Å². The zero-order valence-electron chi connectivity index (χ0n) is 14.9. The predicted octanol–water partition coefficient (Wildman–Crippen LogP) is 1.94. The van der Waals surface area contributed by atoms with Crippen LogP contribution in [0.15, 0.2) is 12.4 Å². The molecule has 0 saturated carbocycles. The Morgan fingerprint density at radius 2 is 2.20 bits per heavy atom. The number of carbonyl (C=O) groups is 2. The quantitative estimate of drug-likeness (QED) is 0.825. The Balaban J connectivity index is 1.91. The molecule has 25 heavy (non-hydrogen) atoms. The van der Waals surface area contributed by atoms with E-state index in [9.17, 15) is 9.59 Å². The van der Waals surface area contributed by atoms with Gasteiger partial charge in [-0.2, -0.15) is 10.2 Å². The fraction of sp³-hybridized carbons (Fsp3) is 0.529. The van der Waals surface area contributed by atoms with Crippen LogP contribution in [0.25, 0.3) is 0 Å². The third kappa shape index (κ3) is 3.42. The number of H-pyrrole nitrogens is 1. The van der Waals surface area contributed by atoms with Crippen molar-refractivity contribution in [3.8, 4) is 0 Å². The number of methoxy groups -OCH3 is 1. The van der Waals surface area contributed by atoms with Crippen LogP contribution in [0.2, 0.25) is 0 Å². The Morgan fingerprint density at radius 1 is 1.44 bits per heavy atom. The van der Waals surface area contributed by atoms with Crippen molar-refractivity contribution in [1.29, 1.82) is 0 Å². The van der Waals surface area contributed by atoms with Gasteiger partial charge in [-0.25, -0.2) is 0 Å². The Kier molecular flexibility index (Phi) is 4.36. The van der Waals surface area contributed by atoms with Gasteiger partial charge in [0, 0.05) is 35.2 Å². The van der Waals surface area contributed by atoms with Crippen molar-refractivity contribution < 1.29 is 14.3 Å². The highest BCUT2D eigenvalue weighted by Crippen LogP contribution is 2.41. The number of nitrogens with one attached hydrogen (secondary N) is 2. The molecule has 2 aromatic heterocycles. The maximum absolute atomic E-state index is 12.1. The minimum Gasteiger partial charge on any atom is -0.469 e. The first-order valence-corrected chi connectivity index (χ1v) is 8.27. The highest BCUT2D eigenvalue weighted by atomic mass is 16.5. The van der Waals surface area contributed by atoms with Crippen molar-refractivity contribution in [2.45, 2.75) is 51.5 Å². The Bertz CT molecular complexity index is 800. The van der Waals surface area contributed by atoms with Crippen molar-refractivity contribution in [2.24, 2.45) is 0 Å². The number of aryl methyl sites for hydroxylation is 1. The highest BCUT2D eigenvalue weighted by Gasteiger charge is 2.35. The van der Waals surface area contributed by atoms with Crippen LogP contribution in [0.3, 0.4) is 0 Å². The largest absolute Gasteiger partial charge is 0.469 e. The number of anilines is 1. The summed E-state index contributed by atoms with van der Waals surface area (Å²) >= 11 is 0. The molecule has 3 heterocycles. The SMILES string of the molecule is COC(=O)CCn1cc(C2CC(=O)Nc3n[nH]c(C(C)(C)C)c32)cn1. The van der Waals surface area contributed by atoms with Gasteiger partial charge in [-0.3, -0.25) is 19.4 Å². The van der Waals surface area contributed by atoms with Gasteiger partial charge in [0.2, 0.25) is 5.91 Å². The monoisotopic (exact) mass is 345 g/mol. The molecular formula is C17H23N5O3. The minimum atomic E-state index is -0.277. The summed E-state index contributed by atoms with van der Waals surface area (Å²) in [4.78, 5) is 23.4. The lowest BCUT2D eigenvalue weighted by molar-refractivity contribution is -0.140. The summed E-state index contributed by atoms with van der Waals surface area (Å²) in [6, 6.07) is 0. The number of carbonyl (C=O) groups excluding carboxylic acids is 2. The van der Waals surface area contributed by atoms with Gasteiger partial charge in [-0.05, 0) is 5.56 Å². The van der Waals surface area contributed by atoms with Gasteiger partial charge < -0.3 is 10.1 Å². The molecule has 3 rings (SSSR count). The summed E-state index contributed by atoms with van der Waals surface area (Å²) in [7, 11) is 1.37. The van der Waals surface area contributed by atoms with Crippen LogP contribution in [-0.2, 0) is 26.3 Å². The molecule has 1 aliphatic rings. The molecule has 2 aromatic rings. The number of rotatable bonds is 4. The van der Waals surface area contributed by atoms with E-state index in [4.69, 9.17) is 0 Å². The summed E-state index contributed by atoms with van der Waals surface area (Å²) < 4.78 is 6.36. The van der Waals surface area contributed by atoms with Crippen LogP contribution in [-0.4, -0.2) is 39.0 Å². The molecular weight excluding hydrogens is 322 g/mol. The summed E-state index contributed by atoms with van der Waals surface area (Å²) in [6.45, 7) is 6.76. The fourth-order valence-corrected chi connectivity index (χ4v) is 3.10. The minimum absolute atomic E-state index is 0.0632. The van der Waals surface area contributed by atoms with Crippen molar-refractivity contribution in [3.05, 3.63) is 29.2 Å². The lowest BCUT2D eigenvalue weighted by Gasteiger charge is -2.26. The second kappa shape index (κ2) is 6.34. The molecule has 0 aromatic carbocycles. The smallest absolute Gasteiger partial charge is 0.307 e. The molecule has 8 nitrogen and oxygen atoms in total. The number of hydrogen-bond donors (Lipinski definition) is 2. The van der Waals surface area contributed by atoms with Crippen molar-refractivity contribution in [3.63, 3.8) is 0 Å². The fourth-order valence-electron chi connectivity index (χ4n) is 3.10. The number of fused-ring (bicyclic) bond motifs is 1. The first-order valence-electron chi connectivity index (χ1n) is 8.27. The topological polar surface area (TPSA) is 102 Å². The second-order valence-corrected chi connectivity index (χ2v) is 7.28. The zero-order chi connectivity index (χ0) is 18.2. The normalized spacial score (nSPS) is 17.1. The van der Waals surface area contributed by atoms with E-state index in [1.807, 2.05) is 6.20 Å². The third-order valence-electron chi connectivity index (χ3n) is 4.38. The van der Waals surface area contributed by atoms with Crippen LogP contribution in [0, 0.1) is 0 Å². The van der Waals surface area contributed by atoms with Crippen LogP contribution < -0.4 is 5.32 Å². The molecule has 0 fully saturated rings. The number of aromatic amines is 1. The molecule has 0 spiro atoms. The summed E-state index contributed by atoms with van der Waals surface area (Å²) in [5.41, 5.74) is 2.84. The molecule has 1 amide bonds. The van der Waals surface area contributed by atoms with E-state index in [2.05, 4.69) is 46.1 Å². The summed E-state index contributed by atoms with van der Waals surface area (Å²) in [6.07, 6.45) is 4.24. The molecule has 1 atom stereocenters. The van der Waals surface area contributed by atoms with Gasteiger partial charge in [-0.15, -0.1) is 0 Å². The molecule has 0 saturated heterocycles. The standard InChI is InChI=1S/C17H23N5O3/c1-17(2,3)15-14-11(7-12(23)19-16(14)21-20-15)10-8-18-22(9-10)6-5-13(24)25-4/h8-9,11H,5-7H2,1-4H3,(H2,19,20,21,23). The number of aromatic nitrogens is 4. The van der Waals surface area contributed by atoms with E-state index in [1.165, 1.54) is 7.11 Å². The Hall–Kier alpha value is -2.64. The van der Waals surface area contributed by atoms with Gasteiger partial charge >= 0.3 is 5.97 Å². The molecule has 8 heteroatoms. The first kappa shape index (κ1) is 17.2. The van der Waals surface area contributed by atoms with Gasteiger partial charge in [0.15, 0.2) is 5.82 Å². The van der Waals surface area contributed by atoms with Gasteiger partial charge in [0.25, 0.3) is 0 Å². The third-order valence-corrected chi connectivity index (χ3v) is 4.38. The number of hydrogen-bond acceptors (Lipinski definition) is 5. The highest BCUT2D eigenvalue weighted by molar-refractivity contribution is 5.94. The Morgan fingerprint density at radius 3 is 2.88 bits per heavy atom. The second-order valence-electron chi connectivity index (χ2n) is 7.28. The molecule has 0 radical (unpaired) electrons. The lowest BCUT2D eigenvalue weighted by atomic mass is 9.80. The van der Waals surface area contributed by atoms with E-state index >= 15 is 0 Å². The first-order chi connectivity index (χ1) is 11.8. The van der Waals surface area contributed by atoms with Gasteiger partial charge in [-0.1, -0.05) is 20.8 Å². The van der Waals surface area contributed by atoms with E-state index in [0.29, 0.717) is 18.8 Å². The van der Waals surface area contributed by atoms with E-state index in [-0.39, 0.29) is 29.6 Å². The molecule has 1 unspecified atom stereocenters. The lowest BCUT2D eigenvalue weighted by Crippen LogP contribution is -2.25. The number of amides is 1. The molecule has 0 bridgehead atoms. The maximum atomic E-state index is 12.1.